The molecule has 0 aromatic heterocycles. The van der Waals surface area contributed by atoms with E-state index in [4.69, 9.17) is 0 Å². The Hall–Kier alpha value is -0.240. The Morgan fingerprint density at radius 2 is 0.773 bits per heavy atom. The molecule has 0 bridgehead atoms. The van der Waals surface area contributed by atoms with Crippen molar-refractivity contribution in [3.05, 3.63) is 0 Å². The molecule has 0 aromatic carbocycles. The normalized spacial score (nSPS) is 20.2. The van der Waals surface area contributed by atoms with E-state index in [0.29, 0.717) is 38.8 Å². The summed E-state index contributed by atoms with van der Waals surface area (Å²) in [5, 5.41) is 44.6. The van der Waals surface area contributed by atoms with E-state index >= 15 is 0 Å². The lowest BCUT2D eigenvalue weighted by Gasteiger charge is -2.24. The number of hydrogen-bond acceptors (Lipinski definition) is 6. The number of aliphatic hydroxyl groups excluding tert-OH is 4. The van der Waals surface area contributed by atoms with Crippen LogP contribution in [0.5, 0.6) is 0 Å². The van der Waals surface area contributed by atoms with E-state index < -0.39 is 24.4 Å². The maximum absolute atomic E-state index is 9.49. The van der Waals surface area contributed by atoms with Crippen molar-refractivity contribution in [3.8, 4) is 0 Å². The highest BCUT2D eigenvalue weighted by molar-refractivity contribution is 4.75. The molecule has 4 unspecified atom stereocenters. The highest BCUT2D eigenvalue weighted by atomic mass is 16.3. The molecule has 0 fully saturated rings. The molecule has 6 heteroatoms. The average molecular weight is 320 g/mol. The molecule has 6 N–H and O–H groups in total. The van der Waals surface area contributed by atoms with Gasteiger partial charge in [-0.15, -0.1) is 0 Å². The van der Waals surface area contributed by atoms with Gasteiger partial charge in [0.1, 0.15) is 0 Å². The Kier molecular flexibility index (Phi) is 12.1. The smallest absolute Gasteiger partial charge is 0.0526 e. The molecule has 0 aromatic rings. The van der Waals surface area contributed by atoms with E-state index in [1.165, 1.54) is 0 Å². The molecule has 4 atom stereocenters. The SMILES string of the molecule is CC(O)CC(CC(C)O)NCCNC(CC(C)O)CC(C)O. The van der Waals surface area contributed by atoms with Gasteiger partial charge in [-0.3, -0.25) is 0 Å². The highest BCUT2D eigenvalue weighted by Crippen LogP contribution is 2.07. The summed E-state index contributed by atoms with van der Waals surface area (Å²) >= 11 is 0. The first-order valence-corrected chi connectivity index (χ1v) is 8.39. The summed E-state index contributed by atoms with van der Waals surface area (Å²) in [6.07, 6.45) is 0.825. The van der Waals surface area contributed by atoms with Gasteiger partial charge in [0.25, 0.3) is 0 Å². The zero-order chi connectivity index (χ0) is 17.1. The lowest BCUT2D eigenvalue weighted by atomic mass is 10.0. The molecule has 0 amide bonds. The van der Waals surface area contributed by atoms with Gasteiger partial charge in [0.15, 0.2) is 0 Å². The molecule has 0 heterocycles. The quantitative estimate of drug-likeness (QED) is 0.267. The van der Waals surface area contributed by atoms with Crippen molar-refractivity contribution in [3.63, 3.8) is 0 Å². The van der Waals surface area contributed by atoms with E-state index in [-0.39, 0.29) is 12.1 Å². The fourth-order valence-corrected chi connectivity index (χ4v) is 2.73. The monoisotopic (exact) mass is 320 g/mol. The molecule has 22 heavy (non-hydrogen) atoms. The average Bonchev–Trinajstić information content (AvgIpc) is 2.31. The Morgan fingerprint density at radius 1 is 0.545 bits per heavy atom. The summed E-state index contributed by atoms with van der Waals surface area (Å²) in [5.41, 5.74) is 0. The first-order chi connectivity index (χ1) is 10.2. The number of rotatable bonds is 13. The van der Waals surface area contributed by atoms with Crippen LogP contribution in [0.3, 0.4) is 0 Å². The van der Waals surface area contributed by atoms with Gasteiger partial charge in [0.05, 0.1) is 24.4 Å². The predicted octanol–water partition coefficient (Wildman–Crippen LogP) is -0.0136. The van der Waals surface area contributed by atoms with E-state index in [2.05, 4.69) is 10.6 Å². The molecule has 0 aliphatic rings. The van der Waals surface area contributed by atoms with Gasteiger partial charge in [0, 0.05) is 25.2 Å². The topological polar surface area (TPSA) is 105 Å². The summed E-state index contributed by atoms with van der Waals surface area (Å²) < 4.78 is 0. The Morgan fingerprint density at radius 3 is 0.955 bits per heavy atom. The standard InChI is InChI=1S/C16H36N2O4/c1-11(19)7-15(8-12(2)20)17-5-6-18-16(9-13(3)21)10-14(4)22/h11-22H,5-10H2,1-4H3. The number of aliphatic hydroxyl groups is 4. The predicted molar refractivity (Wildman–Crippen MR) is 88.8 cm³/mol. The second kappa shape index (κ2) is 12.2. The van der Waals surface area contributed by atoms with Crippen LogP contribution >= 0.6 is 0 Å². The Balaban J connectivity index is 4.10. The van der Waals surface area contributed by atoms with Crippen molar-refractivity contribution in [1.82, 2.24) is 10.6 Å². The highest BCUT2D eigenvalue weighted by Gasteiger charge is 2.16. The molecular formula is C16H36N2O4. The van der Waals surface area contributed by atoms with Crippen LogP contribution in [-0.2, 0) is 0 Å². The minimum absolute atomic E-state index is 0.0776. The molecule has 0 radical (unpaired) electrons. The zero-order valence-electron chi connectivity index (χ0n) is 14.5. The van der Waals surface area contributed by atoms with E-state index in [0.717, 1.165) is 0 Å². The summed E-state index contributed by atoms with van der Waals surface area (Å²) in [5.74, 6) is 0. The van der Waals surface area contributed by atoms with Crippen LogP contribution in [0.15, 0.2) is 0 Å². The molecule has 134 valence electrons. The molecule has 0 rings (SSSR count). The maximum Gasteiger partial charge on any atom is 0.0526 e. The lowest BCUT2D eigenvalue weighted by Crippen LogP contribution is -2.42. The largest absolute Gasteiger partial charge is 0.393 e. The van der Waals surface area contributed by atoms with Crippen LogP contribution < -0.4 is 10.6 Å². The van der Waals surface area contributed by atoms with Crippen molar-refractivity contribution < 1.29 is 20.4 Å². The van der Waals surface area contributed by atoms with Gasteiger partial charge >= 0.3 is 0 Å². The first-order valence-electron chi connectivity index (χ1n) is 8.39. The number of hydrogen-bond donors (Lipinski definition) is 6. The van der Waals surface area contributed by atoms with Crippen molar-refractivity contribution in [2.24, 2.45) is 0 Å². The first kappa shape index (κ1) is 21.8. The van der Waals surface area contributed by atoms with E-state index in [1.54, 1.807) is 27.7 Å². The van der Waals surface area contributed by atoms with Crippen LogP contribution in [-0.4, -0.2) is 70.0 Å². The fraction of sp³-hybridized carbons (Fsp3) is 1.00. The van der Waals surface area contributed by atoms with Crippen molar-refractivity contribution in [2.45, 2.75) is 89.9 Å². The summed E-state index contributed by atoms with van der Waals surface area (Å²) in [6.45, 7) is 8.40. The molecule has 6 nitrogen and oxygen atoms in total. The van der Waals surface area contributed by atoms with E-state index in [9.17, 15) is 20.4 Å². The zero-order valence-corrected chi connectivity index (χ0v) is 14.5. The van der Waals surface area contributed by atoms with Crippen molar-refractivity contribution in [1.29, 1.82) is 0 Å². The molecule has 0 saturated heterocycles. The maximum atomic E-state index is 9.49. The summed E-state index contributed by atoms with van der Waals surface area (Å²) in [6, 6.07) is 0.155. The summed E-state index contributed by atoms with van der Waals surface area (Å²) in [4.78, 5) is 0. The second-order valence-corrected chi connectivity index (χ2v) is 6.64. The van der Waals surface area contributed by atoms with Crippen LogP contribution in [0.2, 0.25) is 0 Å². The second-order valence-electron chi connectivity index (χ2n) is 6.64. The van der Waals surface area contributed by atoms with Crippen molar-refractivity contribution in [2.75, 3.05) is 13.1 Å². The fourth-order valence-electron chi connectivity index (χ4n) is 2.73. The lowest BCUT2D eigenvalue weighted by molar-refractivity contribution is 0.126. The van der Waals surface area contributed by atoms with Gasteiger partial charge in [0.2, 0.25) is 0 Å². The third kappa shape index (κ3) is 13.4. The Labute approximate surface area is 134 Å². The van der Waals surface area contributed by atoms with Gasteiger partial charge in [-0.1, -0.05) is 0 Å². The van der Waals surface area contributed by atoms with Crippen LogP contribution in [0.4, 0.5) is 0 Å². The number of nitrogens with one attached hydrogen (secondary N) is 2. The van der Waals surface area contributed by atoms with Crippen molar-refractivity contribution >= 4 is 0 Å². The van der Waals surface area contributed by atoms with Crippen LogP contribution in [0, 0.1) is 0 Å². The minimum Gasteiger partial charge on any atom is -0.393 e. The Bertz CT molecular complexity index is 215. The van der Waals surface area contributed by atoms with E-state index in [1.807, 2.05) is 0 Å². The van der Waals surface area contributed by atoms with Crippen LogP contribution in [0.1, 0.15) is 53.4 Å². The van der Waals surface area contributed by atoms with Gasteiger partial charge in [-0.25, -0.2) is 0 Å². The van der Waals surface area contributed by atoms with Gasteiger partial charge in [-0.05, 0) is 53.4 Å². The third-order valence-corrected chi connectivity index (χ3v) is 3.49. The molecule has 0 aliphatic carbocycles. The molecule has 0 saturated carbocycles. The van der Waals surface area contributed by atoms with Gasteiger partial charge in [-0.2, -0.15) is 0 Å². The minimum atomic E-state index is -0.401. The summed E-state index contributed by atoms with van der Waals surface area (Å²) in [7, 11) is 0. The van der Waals surface area contributed by atoms with Crippen LogP contribution in [0.25, 0.3) is 0 Å². The van der Waals surface area contributed by atoms with Gasteiger partial charge < -0.3 is 31.1 Å². The molecule has 0 spiro atoms. The molecular weight excluding hydrogens is 284 g/mol. The molecule has 0 aliphatic heterocycles. The third-order valence-electron chi connectivity index (χ3n) is 3.49.